The lowest BCUT2D eigenvalue weighted by Crippen LogP contribution is -2.06. The maximum absolute atomic E-state index is 11.5. The predicted octanol–water partition coefficient (Wildman–Crippen LogP) is 4.60. The van der Waals surface area contributed by atoms with Crippen LogP contribution >= 0.6 is 0 Å². The zero-order chi connectivity index (χ0) is 17.7. The van der Waals surface area contributed by atoms with Crippen LogP contribution in [0.5, 0.6) is 0 Å². The van der Waals surface area contributed by atoms with Crippen LogP contribution < -0.4 is 0 Å². The fourth-order valence-electron chi connectivity index (χ4n) is 1.90. The Morgan fingerprint density at radius 3 is 1.40 bits per heavy atom. The molecule has 0 amide bonds. The van der Waals surface area contributed by atoms with E-state index in [1.807, 2.05) is 72.8 Å². The molecule has 0 N–H and O–H groups in total. The molecule has 3 heteroatoms. The van der Waals surface area contributed by atoms with Crippen molar-refractivity contribution in [1.29, 1.82) is 0 Å². The van der Waals surface area contributed by atoms with E-state index in [1.54, 1.807) is 12.2 Å². The van der Waals surface area contributed by atoms with Gasteiger partial charge < -0.3 is 4.74 Å². The number of hydrogen-bond acceptors (Lipinski definition) is 3. The molecule has 0 fully saturated rings. The molecule has 2 aromatic rings. The van der Waals surface area contributed by atoms with E-state index in [2.05, 4.69) is 4.74 Å². The second-order valence-electron chi connectivity index (χ2n) is 5.00. The van der Waals surface area contributed by atoms with Gasteiger partial charge in [-0.15, -0.1) is 0 Å². The molecule has 0 aromatic heterocycles. The fraction of sp³-hybridized carbons (Fsp3) is 0. The van der Waals surface area contributed by atoms with E-state index in [9.17, 15) is 9.59 Å². The molecule has 2 rings (SSSR count). The van der Waals surface area contributed by atoms with Gasteiger partial charge in [0.05, 0.1) is 0 Å². The highest BCUT2D eigenvalue weighted by Crippen LogP contribution is 2.02. The summed E-state index contributed by atoms with van der Waals surface area (Å²) in [4.78, 5) is 23.0. The van der Waals surface area contributed by atoms with E-state index < -0.39 is 11.9 Å². The number of benzene rings is 2. The van der Waals surface area contributed by atoms with Gasteiger partial charge >= 0.3 is 11.9 Å². The average molecular weight is 330 g/mol. The van der Waals surface area contributed by atoms with Crippen LogP contribution in [0.3, 0.4) is 0 Å². The highest BCUT2D eigenvalue weighted by molar-refractivity contribution is 5.96. The molecule has 0 bridgehead atoms. The van der Waals surface area contributed by atoms with Crippen LogP contribution in [0.1, 0.15) is 11.1 Å². The summed E-state index contributed by atoms with van der Waals surface area (Å²) in [6, 6.07) is 19.3. The Morgan fingerprint density at radius 1 is 0.600 bits per heavy atom. The van der Waals surface area contributed by atoms with Crippen molar-refractivity contribution in [3.05, 3.63) is 108 Å². The lowest BCUT2D eigenvalue weighted by molar-refractivity contribution is -0.152. The van der Waals surface area contributed by atoms with Crippen LogP contribution in [0.15, 0.2) is 97.1 Å². The van der Waals surface area contributed by atoms with Crippen molar-refractivity contribution in [3.8, 4) is 0 Å². The standard InChI is InChI=1S/C22H18O3/c23-21(17-9-7-15-19-11-3-1-4-12-19)25-22(24)18-10-8-16-20-13-5-2-6-14-20/h1-18H/b15-7+,16-8+,17-9-,18-10+. The zero-order valence-electron chi connectivity index (χ0n) is 13.6. The molecule has 3 nitrogen and oxygen atoms in total. The summed E-state index contributed by atoms with van der Waals surface area (Å²) in [7, 11) is 0. The van der Waals surface area contributed by atoms with E-state index in [0.29, 0.717) is 0 Å². The minimum atomic E-state index is -0.709. The summed E-state index contributed by atoms with van der Waals surface area (Å²) in [5.74, 6) is -1.42. The minimum Gasteiger partial charge on any atom is -0.387 e. The van der Waals surface area contributed by atoms with E-state index >= 15 is 0 Å². The molecule has 0 unspecified atom stereocenters. The van der Waals surface area contributed by atoms with Gasteiger partial charge in [-0.25, -0.2) is 9.59 Å². The number of rotatable bonds is 6. The van der Waals surface area contributed by atoms with Crippen molar-refractivity contribution in [1.82, 2.24) is 0 Å². The monoisotopic (exact) mass is 330 g/mol. The lowest BCUT2D eigenvalue weighted by Gasteiger charge is -1.93. The van der Waals surface area contributed by atoms with Crippen LogP contribution in [0.2, 0.25) is 0 Å². The quantitative estimate of drug-likeness (QED) is 0.337. The third-order valence-corrected chi connectivity index (χ3v) is 3.06. The normalized spacial score (nSPS) is 11.7. The molecule has 0 aliphatic rings. The maximum atomic E-state index is 11.5. The second-order valence-corrected chi connectivity index (χ2v) is 5.00. The van der Waals surface area contributed by atoms with Crippen LogP contribution in [-0.2, 0) is 14.3 Å². The minimum absolute atomic E-state index is 0.709. The van der Waals surface area contributed by atoms with Crippen molar-refractivity contribution >= 4 is 24.1 Å². The first-order valence-electron chi connectivity index (χ1n) is 7.79. The molecule has 0 aliphatic carbocycles. The Morgan fingerprint density at radius 2 is 1.00 bits per heavy atom. The first-order chi connectivity index (χ1) is 12.2. The van der Waals surface area contributed by atoms with Crippen LogP contribution in [0.25, 0.3) is 12.2 Å². The first kappa shape index (κ1) is 17.9. The highest BCUT2D eigenvalue weighted by Gasteiger charge is 2.01. The third kappa shape index (κ3) is 7.57. The molecular weight excluding hydrogens is 312 g/mol. The number of carbonyl (C=O) groups excluding carboxylic acids is 2. The molecule has 25 heavy (non-hydrogen) atoms. The zero-order valence-corrected chi connectivity index (χ0v) is 13.6. The topological polar surface area (TPSA) is 43.4 Å². The van der Waals surface area contributed by atoms with Gasteiger partial charge in [0, 0.05) is 12.2 Å². The largest absolute Gasteiger partial charge is 0.387 e. The molecule has 0 spiro atoms. The van der Waals surface area contributed by atoms with Crippen molar-refractivity contribution in [2.75, 3.05) is 0 Å². The number of carbonyl (C=O) groups is 2. The van der Waals surface area contributed by atoms with Crippen molar-refractivity contribution < 1.29 is 14.3 Å². The number of hydrogen-bond donors (Lipinski definition) is 0. The summed E-state index contributed by atoms with van der Waals surface area (Å²) in [6.07, 6.45) is 12.6. The Labute approximate surface area is 147 Å². The predicted molar refractivity (Wildman–Crippen MR) is 100 cm³/mol. The lowest BCUT2D eigenvalue weighted by atomic mass is 10.2. The van der Waals surface area contributed by atoms with Gasteiger partial charge in [-0.2, -0.15) is 0 Å². The van der Waals surface area contributed by atoms with Crippen LogP contribution in [0, 0.1) is 0 Å². The van der Waals surface area contributed by atoms with E-state index in [-0.39, 0.29) is 0 Å². The Balaban J connectivity index is 1.75. The number of ether oxygens (including phenoxy) is 1. The van der Waals surface area contributed by atoms with E-state index in [4.69, 9.17) is 0 Å². The molecule has 0 saturated carbocycles. The molecular formula is C22H18O3. The van der Waals surface area contributed by atoms with Gasteiger partial charge in [0.1, 0.15) is 0 Å². The highest BCUT2D eigenvalue weighted by atomic mass is 16.6. The average Bonchev–Trinajstić information content (AvgIpc) is 2.64. The SMILES string of the molecule is O=C(/C=C\C=C\c1ccccc1)OC(=O)/C=C/C=C/c1ccccc1. The third-order valence-electron chi connectivity index (χ3n) is 3.06. The summed E-state index contributed by atoms with van der Waals surface area (Å²) < 4.78 is 4.64. The van der Waals surface area contributed by atoms with E-state index in [1.165, 1.54) is 24.3 Å². The maximum Gasteiger partial charge on any atom is 0.338 e. The molecule has 0 atom stereocenters. The molecule has 0 saturated heterocycles. The van der Waals surface area contributed by atoms with Crippen molar-refractivity contribution in [3.63, 3.8) is 0 Å². The van der Waals surface area contributed by atoms with Crippen LogP contribution in [-0.4, -0.2) is 11.9 Å². The molecule has 0 aliphatic heterocycles. The van der Waals surface area contributed by atoms with Gasteiger partial charge in [-0.3, -0.25) is 0 Å². The molecule has 2 aromatic carbocycles. The first-order valence-corrected chi connectivity index (χ1v) is 7.79. The van der Waals surface area contributed by atoms with Gasteiger partial charge in [0.15, 0.2) is 0 Å². The van der Waals surface area contributed by atoms with Crippen molar-refractivity contribution in [2.24, 2.45) is 0 Å². The van der Waals surface area contributed by atoms with Crippen molar-refractivity contribution in [2.45, 2.75) is 0 Å². The van der Waals surface area contributed by atoms with Gasteiger partial charge in [-0.05, 0) is 11.1 Å². The summed E-state index contributed by atoms with van der Waals surface area (Å²) >= 11 is 0. The van der Waals surface area contributed by atoms with Gasteiger partial charge in [-0.1, -0.05) is 97.1 Å². The number of allylic oxidation sites excluding steroid dienone is 4. The molecule has 0 radical (unpaired) electrons. The fourth-order valence-corrected chi connectivity index (χ4v) is 1.90. The van der Waals surface area contributed by atoms with Gasteiger partial charge in [0.2, 0.25) is 0 Å². The summed E-state index contributed by atoms with van der Waals surface area (Å²) in [5.41, 5.74) is 2.04. The van der Waals surface area contributed by atoms with Crippen LogP contribution in [0.4, 0.5) is 0 Å². The summed E-state index contributed by atoms with van der Waals surface area (Å²) in [6.45, 7) is 0. The Bertz CT molecular complexity index is 728. The smallest absolute Gasteiger partial charge is 0.338 e. The molecule has 124 valence electrons. The Hall–Kier alpha value is -3.46. The van der Waals surface area contributed by atoms with E-state index in [0.717, 1.165) is 11.1 Å². The van der Waals surface area contributed by atoms with Gasteiger partial charge in [0.25, 0.3) is 0 Å². The summed E-state index contributed by atoms with van der Waals surface area (Å²) in [5, 5.41) is 0. The molecule has 0 heterocycles. The second kappa shape index (κ2) is 10.3. The Kier molecular flexibility index (Phi) is 7.40. The number of esters is 2.